The molecule has 0 unspecified atom stereocenters. The molecule has 0 aromatic carbocycles. The number of carbonyl (C=O) groups is 1. The van der Waals surface area contributed by atoms with E-state index in [4.69, 9.17) is 5.73 Å². The molecule has 12 heavy (non-hydrogen) atoms. The van der Waals surface area contributed by atoms with E-state index in [2.05, 4.69) is 4.98 Å². The van der Waals surface area contributed by atoms with Crippen LogP contribution in [0.5, 0.6) is 0 Å². The fraction of sp³-hybridized carbons (Fsp3) is 0.333. The van der Waals surface area contributed by atoms with Crippen molar-refractivity contribution in [3.63, 3.8) is 0 Å². The van der Waals surface area contributed by atoms with Gasteiger partial charge in [0.05, 0.1) is 5.56 Å². The van der Waals surface area contributed by atoms with E-state index >= 15 is 0 Å². The molecule has 64 valence electrons. The van der Waals surface area contributed by atoms with Gasteiger partial charge in [-0.05, 0) is 12.1 Å². The first-order valence-corrected chi connectivity index (χ1v) is 3.87. The maximum absolute atomic E-state index is 11.4. The second-order valence-corrected chi connectivity index (χ2v) is 2.96. The molecule has 2 N–H and O–H groups in total. The number of hydrogen-bond donors (Lipinski definition) is 1. The van der Waals surface area contributed by atoms with Crippen molar-refractivity contribution in [2.75, 3.05) is 5.73 Å². The van der Waals surface area contributed by atoms with Crippen molar-refractivity contribution in [1.82, 2.24) is 4.98 Å². The van der Waals surface area contributed by atoms with Gasteiger partial charge in [0, 0.05) is 12.1 Å². The molecule has 0 radical (unpaired) electrons. The summed E-state index contributed by atoms with van der Waals surface area (Å²) in [6.07, 6.45) is 1.58. The number of nitrogen functional groups attached to an aromatic ring is 1. The Bertz CT molecular complexity index is 294. The van der Waals surface area contributed by atoms with Crippen molar-refractivity contribution in [3.8, 4) is 0 Å². The van der Waals surface area contributed by atoms with Gasteiger partial charge in [0.1, 0.15) is 5.82 Å². The zero-order valence-electron chi connectivity index (χ0n) is 7.24. The first-order valence-electron chi connectivity index (χ1n) is 3.87. The van der Waals surface area contributed by atoms with E-state index in [0.29, 0.717) is 11.4 Å². The SMILES string of the molecule is CC(C)C(=O)c1cccnc1N. The molecule has 0 aliphatic carbocycles. The van der Waals surface area contributed by atoms with Gasteiger partial charge >= 0.3 is 0 Å². The number of anilines is 1. The van der Waals surface area contributed by atoms with Crippen molar-refractivity contribution >= 4 is 11.6 Å². The van der Waals surface area contributed by atoms with E-state index in [1.54, 1.807) is 18.3 Å². The fourth-order valence-electron chi connectivity index (χ4n) is 0.937. The highest BCUT2D eigenvalue weighted by Crippen LogP contribution is 2.12. The lowest BCUT2D eigenvalue weighted by Gasteiger charge is -2.05. The van der Waals surface area contributed by atoms with Crippen LogP contribution in [0.15, 0.2) is 18.3 Å². The van der Waals surface area contributed by atoms with Crippen molar-refractivity contribution in [3.05, 3.63) is 23.9 Å². The second-order valence-electron chi connectivity index (χ2n) is 2.96. The number of nitrogens with zero attached hydrogens (tertiary/aromatic N) is 1. The number of aromatic nitrogens is 1. The minimum atomic E-state index is -0.0310. The Kier molecular flexibility index (Phi) is 2.43. The summed E-state index contributed by atoms with van der Waals surface area (Å²) in [5.41, 5.74) is 6.05. The smallest absolute Gasteiger partial charge is 0.169 e. The Labute approximate surface area is 71.6 Å². The van der Waals surface area contributed by atoms with Gasteiger partial charge in [-0.1, -0.05) is 13.8 Å². The van der Waals surface area contributed by atoms with Crippen LogP contribution in [-0.2, 0) is 0 Å². The van der Waals surface area contributed by atoms with Crippen molar-refractivity contribution in [2.24, 2.45) is 5.92 Å². The number of ketones is 1. The predicted octanol–water partition coefficient (Wildman–Crippen LogP) is 1.50. The molecule has 0 fully saturated rings. The van der Waals surface area contributed by atoms with Crippen molar-refractivity contribution < 1.29 is 4.79 Å². The van der Waals surface area contributed by atoms with E-state index in [1.165, 1.54) is 0 Å². The molecule has 0 aliphatic heterocycles. The first-order chi connectivity index (χ1) is 5.63. The molecule has 1 rings (SSSR count). The third kappa shape index (κ3) is 1.61. The van der Waals surface area contributed by atoms with E-state index in [1.807, 2.05) is 13.8 Å². The molecular formula is C9H12N2O. The molecule has 3 heteroatoms. The number of pyridine rings is 1. The fourth-order valence-corrected chi connectivity index (χ4v) is 0.937. The summed E-state index contributed by atoms with van der Waals surface area (Å²) in [6.45, 7) is 3.68. The number of carbonyl (C=O) groups excluding carboxylic acids is 1. The summed E-state index contributed by atoms with van der Waals surface area (Å²) < 4.78 is 0. The molecule has 1 aromatic rings. The van der Waals surface area contributed by atoms with Gasteiger partial charge in [0.2, 0.25) is 0 Å². The highest BCUT2D eigenvalue weighted by Gasteiger charge is 2.12. The predicted molar refractivity (Wildman–Crippen MR) is 47.8 cm³/mol. The van der Waals surface area contributed by atoms with Crippen molar-refractivity contribution in [1.29, 1.82) is 0 Å². The number of nitrogens with two attached hydrogens (primary N) is 1. The van der Waals surface area contributed by atoms with E-state index in [-0.39, 0.29) is 11.7 Å². The average molecular weight is 164 g/mol. The third-order valence-corrected chi connectivity index (χ3v) is 1.63. The van der Waals surface area contributed by atoms with E-state index in [9.17, 15) is 4.79 Å². The molecule has 0 bridgehead atoms. The van der Waals surface area contributed by atoms with Crippen LogP contribution in [0.1, 0.15) is 24.2 Å². The van der Waals surface area contributed by atoms with Gasteiger partial charge in [-0.25, -0.2) is 4.98 Å². The summed E-state index contributed by atoms with van der Waals surface area (Å²) in [7, 11) is 0. The lowest BCUT2D eigenvalue weighted by molar-refractivity contribution is 0.0940. The molecule has 0 amide bonds. The Morgan fingerprint density at radius 2 is 2.25 bits per heavy atom. The van der Waals surface area contributed by atoms with Gasteiger partial charge in [-0.15, -0.1) is 0 Å². The molecule has 1 heterocycles. The van der Waals surface area contributed by atoms with Crippen LogP contribution in [0.3, 0.4) is 0 Å². The molecule has 3 nitrogen and oxygen atoms in total. The highest BCUT2D eigenvalue weighted by atomic mass is 16.1. The molecule has 0 spiro atoms. The zero-order chi connectivity index (χ0) is 9.14. The summed E-state index contributed by atoms with van der Waals surface area (Å²) in [6, 6.07) is 3.41. The van der Waals surface area contributed by atoms with Crippen LogP contribution in [0.4, 0.5) is 5.82 Å². The summed E-state index contributed by atoms with van der Waals surface area (Å²) in [5.74, 6) is 0.327. The van der Waals surface area contributed by atoms with Gasteiger partial charge in [0.25, 0.3) is 0 Å². The summed E-state index contributed by atoms with van der Waals surface area (Å²) >= 11 is 0. The lowest BCUT2D eigenvalue weighted by Crippen LogP contribution is -2.10. The molecular weight excluding hydrogens is 152 g/mol. The lowest BCUT2D eigenvalue weighted by atomic mass is 10.0. The maximum Gasteiger partial charge on any atom is 0.169 e. The monoisotopic (exact) mass is 164 g/mol. The summed E-state index contributed by atoms with van der Waals surface area (Å²) in [5, 5.41) is 0. The minimum absolute atomic E-state index is 0.0310. The normalized spacial score (nSPS) is 10.2. The Hall–Kier alpha value is -1.38. The van der Waals surface area contributed by atoms with Crippen LogP contribution in [0, 0.1) is 5.92 Å². The third-order valence-electron chi connectivity index (χ3n) is 1.63. The topological polar surface area (TPSA) is 56.0 Å². The molecule has 0 atom stereocenters. The molecule has 0 aliphatic rings. The van der Waals surface area contributed by atoms with Crippen LogP contribution in [0.25, 0.3) is 0 Å². The molecule has 0 saturated carbocycles. The quantitative estimate of drug-likeness (QED) is 0.674. The zero-order valence-corrected chi connectivity index (χ0v) is 7.24. The van der Waals surface area contributed by atoms with Gasteiger partial charge in [-0.2, -0.15) is 0 Å². The van der Waals surface area contributed by atoms with E-state index in [0.717, 1.165) is 0 Å². The van der Waals surface area contributed by atoms with Gasteiger partial charge in [0.15, 0.2) is 5.78 Å². The Balaban J connectivity index is 3.03. The van der Waals surface area contributed by atoms with Gasteiger partial charge in [-0.3, -0.25) is 4.79 Å². The van der Waals surface area contributed by atoms with E-state index < -0.39 is 0 Å². The molecule has 0 saturated heterocycles. The standard InChI is InChI=1S/C9H12N2O/c1-6(2)8(12)7-4-3-5-11-9(7)10/h3-6H,1-2H3,(H2,10,11). The van der Waals surface area contributed by atoms with Crippen LogP contribution in [0.2, 0.25) is 0 Å². The van der Waals surface area contributed by atoms with Crippen LogP contribution >= 0.6 is 0 Å². The average Bonchev–Trinajstić information content (AvgIpc) is 2.04. The number of Topliss-reactive ketones (excluding diaryl/α,β-unsaturated/α-hetero) is 1. The van der Waals surface area contributed by atoms with Crippen molar-refractivity contribution in [2.45, 2.75) is 13.8 Å². The largest absolute Gasteiger partial charge is 0.383 e. The van der Waals surface area contributed by atoms with Crippen LogP contribution in [-0.4, -0.2) is 10.8 Å². The number of rotatable bonds is 2. The Morgan fingerprint density at radius 1 is 1.58 bits per heavy atom. The maximum atomic E-state index is 11.4. The first kappa shape index (κ1) is 8.71. The Morgan fingerprint density at radius 3 is 2.75 bits per heavy atom. The number of hydrogen-bond acceptors (Lipinski definition) is 3. The minimum Gasteiger partial charge on any atom is -0.383 e. The second kappa shape index (κ2) is 3.34. The van der Waals surface area contributed by atoms with Crippen LogP contribution < -0.4 is 5.73 Å². The molecule has 1 aromatic heterocycles. The van der Waals surface area contributed by atoms with Gasteiger partial charge < -0.3 is 5.73 Å². The summed E-state index contributed by atoms with van der Waals surface area (Å²) in [4.78, 5) is 15.3. The highest BCUT2D eigenvalue weighted by molar-refractivity contribution is 6.01.